The molecule has 2 aromatic heterocycles. The van der Waals surface area contributed by atoms with Gasteiger partial charge in [0.2, 0.25) is 0 Å². The first-order valence-corrected chi connectivity index (χ1v) is 7.22. The summed E-state index contributed by atoms with van der Waals surface area (Å²) in [4.78, 5) is 4.41. The summed E-state index contributed by atoms with van der Waals surface area (Å²) in [6.45, 7) is 1.93. The molecule has 0 atom stereocenters. The predicted octanol–water partition coefficient (Wildman–Crippen LogP) is 3.31. The second-order valence-corrected chi connectivity index (χ2v) is 5.39. The molecular weight excluding hydrogens is 286 g/mol. The molecule has 0 amide bonds. The van der Waals surface area contributed by atoms with Crippen LogP contribution in [0.5, 0.6) is 0 Å². The van der Waals surface area contributed by atoms with Crippen LogP contribution in [0.4, 0.5) is 5.82 Å². The maximum Gasteiger partial charge on any atom is 0.165 e. The van der Waals surface area contributed by atoms with Crippen molar-refractivity contribution >= 4 is 22.2 Å². The van der Waals surface area contributed by atoms with Gasteiger partial charge in [-0.1, -0.05) is 42.5 Å². The Hall–Kier alpha value is -3.39. The maximum absolute atomic E-state index is 9.10. The van der Waals surface area contributed by atoms with Crippen molar-refractivity contribution in [3.8, 4) is 17.2 Å². The molecule has 0 spiro atoms. The fourth-order valence-corrected chi connectivity index (χ4v) is 2.95. The monoisotopic (exact) mass is 299 g/mol. The third-order valence-electron chi connectivity index (χ3n) is 4.04. The smallest absolute Gasteiger partial charge is 0.165 e. The van der Waals surface area contributed by atoms with Crippen molar-refractivity contribution in [3.63, 3.8) is 0 Å². The second-order valence-electron chi connectivity index (χ2n) is 5.39. The summed E-state index contributed by atoms with van der Waals surface area (Å²) in [5.41, 5.74) is 9.86. The Kier molecular flexibility index (Phi) is 2.78. The number of nitrogens with zero attached hydrogens (tertiary/aromatic N) is 4. The topological polar surface area (TPSA) is 80.0 Å². The molecule has 2 heterocycles. The largest absolute Gasteiger partial charge is 0.382 e. The zero-order chi connectivity index (χ0) is 16.0. The fraction of sp³-hybridized carbons (Fsp3) is 0.0556. The van der Waals surface area contributed by atoms with Gasteiger partial charge in [-0.3, -0.25) is 0 Å². The minimum atomic E-state index is 0.312. The number of hydrogen-bond acceptors (Lipinski definition) is 4. The first-order chi connectivity index (χ1) is 11.2. The third kappa shape index (κ3) is 1.86. The molecule has 2 N–H and O–H groups in total. The summed E-state index contributed by atoms with van der Waals surface area (Å²) < 4.78 is 1.55. The summed E-state index contributed by atoms with van der Waals surface area (Å²) in [7, 11) is 0. The van der Waals surface area contributed by atoms with E-state index in [9.17, 15) is 0 Å². The highest BCUT2D eigenvalue weighted by Crippen LogP contribution is 2.34. The summed E-state index contributed by atoms with van der Waals surface area (Å²) in [5.74, 6) is 0.312. The Labute approximate surface area is 132 Å². The van der Waals surface area contributed by atoms with Crippen molar-refractivity contribution in [1.82, 2.24) is 14.6 Å². The van der Waals surface area contributed by atoms with Gasteiger partial charge in [-0.2, -0.15) is 14.9 Å². The number of nitrogen functional groups attached to an aromatic ring is 1. The lowest BCUT2D eigenvalue weighted by Crippen LogP contribution is -2.03. The predicted molar refractivity (Wildman–Crippen MR) is 89.8 cm³/mol. The zero-order valence-corrected chi connectivity index (χ0v) is 12.5. The Balaban J connectivity index is 2.12. The molecule has 0 aliphatic heterocycles. The van der Waals surface area contributed by atoms with Crippen molar-refractivity contribution in [2.45, 2.75) is 6.92 Å². The van der Waals surface area contributed by atoms with Crippen LogP contribution in [-0.2, 0) is 0 Å². The highest BCUT2D eigenvalue weighted by Gasteiger charge is 2.17. The van der Waals surface area contributed by atoms with Gasteiger partial charge in [0, 0.05) is 0 Å². The summed E-state index contributed by atoms with van der Waals surface area (Å²) >= 11 is 0. The number of fused-ring (bicyclic) bond motifs is 2. The standard InChI is InChI=1S/C18H13N5/c1-11-16(15-8-4-6-12-5-2-3-7-14(12)15)18-21-10-13(9-19)17(20)23(18)22-11/h2-8,10H,20H2,1H3. The molecule has 0 saturated heterocycles. The number of rotatable bonds is 1. The SMILES string of the molecule is Cc1nn2c(N)c(C#N)cnc2c1-c1cccc2ccccc12. The van der Waals surface area contributed by atoms with Crippen LogP contribution < -0.4 is 5.73 Å². The Morgan fingerprint density at radius 2 is 1.91 bits per heavy atom. The van der Waals surface area contributed by atoms with E-state index in [1.807, 2.05) is 31.2 Å². The quantitative estimate of drug-likeness (QED) is 0.584. The van der Waals surface area contributed by atoms with Gasteiger partial charge in [0.1, 0.15) is 17.5 Å². The average Bonchev–Trinajstić information content (AvgIpc) is 2.92. The molecule has 5 heteroatoms. The third-order valence-corrected chi connectivity index (χ3v) is 4.04. The van der Waals surface area contributed by atoms with Crippen LogP contribution in [0.2, 0.25) is 0 Å². The molecular formula is C18H13N5. The van der Waals surface area contributed by atoms with Crippen LogP contribution in [0.15, 0.2) is 48.7 Å². The molecule has 0 radical (unpaired) electrons. The van der Waals surface area contributed by atoms with E-state index < -0.39 is 0 Å². The van der Waals surface area contributed by atoms with Crippen LogP contribution in [0.25, 0.3) is 27.5 Å². The van der Waals surface area contributed by atoms with Gasteiger partial charge in [-0.25, -0.2) is 4.98 Å². The second kappa shape index (κ2) is 4.82. The number of nitrogens with two attached hydrogens (primary N) is 1. The van der Waals surface area contributed by atoms with E-state index in [0.717, 1.165) is 27.6 Å². The minimum Gasteiger partial charge on any atom is -0.382 e. The molecule has 0 saturated carbocycles. The lowest BCUT2D eigenvalue weighted by molar-refractivity contribution is 0.925. The van der Waals surface area contributed by atoms with Gasteiger partial charge in [0.15, 0.2) is 5.65 Å². The van der Waals surface area contributed by atoms with E-state index in [0.29, 0.717) is 17.0 Å². The number of nitriles is 1. The first kappa shape index (κ1) is 13.3. The van der Waals surface area contributed by atoms with Crippen molar-refractivity contribution in [1.29, 1.82) is 5.26 Å². The maximum atomic E-state index is 9.10. The molecule has 0 bridgehead atoms. The summed E-state index contributed by atoms with van der Waals surface area (Å²) in [6.07, 6.45) is 1.50. The van der Waals surface area contributed by atoms with Gasteiger partial charge in [0.05, 0.1) is 17.5 Å². The Morgan fingerprint density at radius 1 is 1.13 bits per heavy atom. The molecule has 0 aliphatic carbocycles. The van der Waals surface area contributed by atoms with Crippen LogP contribution in [0, 0.1) is 18.3 Å². The van der Waals surface area contributed by atoms with Crippen molar-refractivity contribution in [2.75, 3.05) is 5.73 Å². The van der Waals surface area contributed by atoms with Gasteiger partial charge in [-0.15, -0.1) is 0 Å². The summed E-state index contributed by atoms with van der Waals surface area (Å²) in [6, 6.07) is 16.4. The highest BCUT2D eigenvalue weighted by molar-refractivity contribution is 6.00. The number of anilines is 1. The molecule has 2 aromatic carbocycles. The normalized spacial score (nSPS) is 11.0. The van der Waals surface area contributed by atoms with E-state index in [1.54, 1.807) is 4.52 Å². The molecule has 5 nitrogen and oxygen atoms in total. The Morgan fingerprint density at radius 3 is 2.74 bits per heavy atom. The number of aryl methyl sites for hydroxylation is 1. The Bertz CT molecular complexity index is 1100. The van der Waals surface area contributed by atoms with E-state index in [-0.39, 0.29) is 0 Å². The molecule has 110 valence electrons. The number of aromatic nitrogens is 3. The number of hydrogen-bond donors (Lipinski definition) is 1. The molecule has 0 fully saturated rings. The van der Waals surface area contributed by atoms with Crippen LogP contribution in [-0.4, -0.2) is 14.6 Å². The molecule has 0 unspecified atom stereocenters. The van der Waals surface area contributed by atoms with Crippen LogP contribution in [0.3, 0.4) is 0 Å². The van der Waals surface area contributed by atoms with Crippen molar-refractivity contribution in [3.05, 3.63) is 59.9 Å². The zero-order valence-electron chi connectivity index (χ0n) is 12.5. The fourth-order valence-electron chi connectivity index (χ4n) is 2.95. The van der Waals surface area contributed by atoms with Crippen LogP contribution >= 0.6 is 0 Å². The first-order valence-electron chi connectivity index (χ1n) is 7.22. The molecule has 0 aliphatic rings. The van der Waals surface area contributed by atoms with E-state index in [4.69, 9.17) is 11.0 Å². The summed E-state index contributed by atoms with van der Waals surface area (Å²) in [5, 5.41) is 15.9. The average molecular weight is 299 g/mol. The molecule has 4 rings (SSSR count). The van der Waals surface area contributed by atoms with Gasteiger partial charge >= 0.3 is 0 Å². The van der Waals surface area contributed by atoms with Gasteiger partial charge in [-0.05, 0) is 23.3 Å². The number of benzene rings is 2. The van der Waals surface area contributed by atoms with Gasteiger partial charge < -0.3 is 5.73 Å². The van der Waals surface area contributed by atoms with E-state index in [1.165, 1.54) is 6.20 Å². The lowest BCUT2D eigenvalue weighted by Gasteiger charge is -2.06. The van der Waals surface area contributed by atoms with Crippen molar-refractivity contribution < 1.29 is 0 Å². The minimum absolute atomic E-state index is 0.312. The van der Waals surface area contributed by atoms with Crippen LogP contribution in [0.1, 0.15) is 11.3 Å². The van der Waals surface area contributed by atoms with E-state index in [2.05, 4.69) is 34.3 Å². The molecule has 4 aromatic rings. The highest BCUT2D eigenvalue weighted by atomic mass is 15.3. The molecule has 23 heavy (non-hydrogen) atoms. The van der Waals surface area contributed by atoms with E-state index >= 15 is 0 Å². The van der Waals surface area contributed by atoms with Gasteiger partial charge in [0.25, 0.3) is 0 Å². The van der Waals surface area contributed by atoms with Crippen molar-refractivity contribution in [2.24, 2.45) is 0 Å². The lowest BCUT2D eigenvalue weighted by atomic mass is 9.98.